The van der Waals surface area contributed by atoms with Crippen molar-refractivity contribution in [1.82, 2.24) is 0 Å². The Hall–Kier alpha value is -1.59. The van der Waals surface area contributed by atoms with Gasteiger partial charge in [-0.2, -0.15) is 0 Å². The molecule has 0 heterocycles. The van der Waals surface area contributed by atoms with Gasteiger partial charge in [-0.3, -0.25) is 14.4 Å². The van der Waals surface area contributed by atoms with Crippen LogP contribution in [0.15, 0.2) is 0 Å². The number of hydrogen-bond donors (Lipinski definition) is 0. The third-order valence-corrected chi connectivity index (χ3v) is 9.58. The standard InChI is InChI=1S/C42H80O6/c1-6-8-9-20-27-32-40(43)46-35-39(36-47-41(44)33-28-23-18-15-14-17-22-26-31-38(5)7-2)48-42(45)34-29-24-19-13-11-10-12-16-21-25-30-37(3)4/h37-39H,6-36H2,1-5H3/t38?,39-/m1/s1. The minimum Gasteiger partial charge on any atom is -0.462 e. The summed E-state index contributed by atoms with van der Waals surface area (Å²) < 4.78 is 16.6. The number of rotatable bonds is 36. The Kier molecular flexibility index (Phi) is 34.1. The summed E-state index contributed by atoms with van der Waals surface area (Å²) in [6.07, 6.45) is 31.1. The minimum atomic E-state index is -0.758. The maximum atomic E-state index is 12.6. The number of carbonyl (C=O) groups excluding carboxylic acids is 3. The van der Waals surface area contributed by atoms with Crippen LogP contribution in [-0.4, -0.2) is 37.2 Å². The van der Waals surface area contributed by atoms with Gasteiger partial charge in [-0.25, -0.2) is 0 Å². The van der Waals surface area contributed by atoms with Crippen LogP contribution in [0.5, 0.6) is 0 Å². The second kappa shape index (κ2) is 35.2. The fraction of sp³-hybridized carbons (Fsp3) is 0.929. The van der Waals surface area contributed by atoms with Crippen molar-refractivity contribution in [2.45, 2.75) is 227 Å². The minimum absolute atomic E-state index is 0.0670. The quantitative estimate of drug-likeness (QED) is 0.0372. The smallest absolute Gasteiger partial charge is 0.306 e. The predicted molar refractivity (Wildman–Crippen MR) is 201 cm³/mol. The van der Waals surface area contributed by atoms with Crippen LogP contribution < -0.4 is 0 Å². The Morgan fingerprint density at radius 2 is 0.792 bits per heavy atom. The normalized spacial score (nSPS) is 12.6. The zero-order chi connectivity index (χ0) is 35.5. The van der Waals surface area contributed by atoms with E-state index in [1.165, 1.54) is 103 Å². The SMILES string of the molecule is CCCCCCCC(=O)OC[C@H](COC(=O)CCCCCCCCCCC(C)CC)OC(=O)CCCCCCCCCCCCC(C)C. The average Bonchev–Trinajstić information content (AvgIpc) is 3.06. The van der Waals surface area contributed by atoms with Crippen molar-refractivity contribution < 1.29 is 28.6 Å². The highest BCUT2D eigenvalue weighted by molar-refractivity contribution is 5.71. The summed E-state index contributed by atoms with van der Waals surface area (Å²) in [5.41, 5.74) is 0. The van der Waals surface area contributed by atoms with Crippen LogP contribution in [0, 0.1) is 11.8 Å². The van der Waals surface area contributed by atoms with Crippen molar-refractivity contribution in [3.8, 4) is 0 Å². The van der Waals surface area contributed by atoms with E-state index in [-0.39, 0.29) is 31.1 Å². The summed E-state index contributed by atoms with van der Waals surface area (Å²) in [7, 11) is 0. The van der Waals surface area contributed by atoms with Crippen molar-refractivity contribution in [2.24, 2.45) is 11.8 Å². The van der Waals surface area contributed by atoms with Crippen LogP contribution in [0.3, 0.4) is 0 Å². The van der Waals surface area contributed by atoms with E-state index in [0.717, 1.165) is 76.0 Å². The first-order chi connectivity index (χ1) is 23.3. The lowest BCUT2D eigenvalue weighted by molar-refractivity contribution is -0.167. The Morgan fingerprint density at radius 3 is 1.19 bits per heavy atom. The van der Waals surface area contributed by atoms with Gasteiger partial charge in [0.05, 0.1) is 0 Å². The summed E-state index contributed by atoms with van der Waals surface area (Å²) in [6.45, 7) is 11.2. The lowest BCUT2D eigenvalue weighted by Crippen LogP contribution is -2.30. The van der Waals surface area contributed by atoms with Gasteiger partial charge in [0.2, 0.25) is 0 Å². The molecular weight excluding hydrogens is 600 g/mol. The fourth-order valence-electron chi connectivity index (χ4n) is 6.01. The molecule has 0 aliphatic carbocycles. The molecule has 0 N–H and O–H groups in total. The molecule has 0 radical (unpaired) electrons. The van der Waals surface area contributed by atoms with Crippen molar-refractivity contribution in [1.29, 1.82) is 0 Å². The van der Waals surface area contributed by atoms with E-state index in [0.29, 0.717) is 19.3 Å². The molecule has 0 rings (SSSR count). The summed E-state index contributed by atoms with van der Waals surface area (Å²) in [6, 6.07) is 0. The second-order valence-electron chi connectivity index (χ2n) is 15.0. The van der Waals surface area contributed by atoms with E-state index >= 15 is 0 Å². The Morgan fingerprint density at radius 1 is 0.438 bits per heavy atom. The van der Waals surface area contributed by atoms with Crippen molar-refractivity contribution in [3.63, 3.8) is 0 Å². The third kappa shape index (κ3) is 34.3. The second-order valence-corrected chi connectivity index (χ2v) is 15.0. The van der Waals surface area contributed by atoms with Gasteiger partial charge in [0, 0.05) is 19.3 Å². The third-order valence-electron chi connectivity index (χ3n) is 9.58. The van der Waals surface area contributed by atoms with E-state index in [1.807, 2.05) is 0 Å². The molecule has 0 aromatic heterocycles. The first kappa shape index (κ1) is 46.4. The van der Waals surface area contributed by atoms with Gasteiger partial charge in [0.25, 0.3) is 0 Å². The maximum absolute atomic E-state index is 12.6. The van der Waals surface area contributed by atoms with Gasteiger partial charge < -0.3 is 14.2 Å². The summed E-state index contributed by atoms with van der Waals surface area (Å²) in [5.74, 6) is 0.786. The molecule has 0 spiro atoms. The molecular formula is C42H80O6. The Balaban J connectivity index is 4.26. The largest absolute Gasteiger partial charge is 0.462 e. The lowest BCUT2D eigenvalue weighted by atomic mass is 9.99. The van der Waals surface area contributed by atoms with Crippen molar-refractivity contribution in [2.75, 3.05) is 13.2 Å². The lowest BCUT2D eigenvalue weighted by Gasteiger charge is -2.18. The van der Waals surface area contributed by atoms with Crippen LogP contribution >= 0.6 is 0 Å². The maximum Gasteiger partial charge on any atom is 0.306 e. The highest BCUT2D eigenvalue weighted by atomic mass is 16.6. The van der Waals surface area contributed by atoms with E-state index in [1.54, 1.807) is 0 Å². The van der Waals surface area contributed by atoms with Gasteiger partial charge in [-0.05, 0) is 31.1 Å². The topological polar surface area (TPSA) is 78.9 Å². The van der Waals surface area contributed by atoms with E-state index in [4.69, 9.17) is 14.2 Å². The molecule has 1 unspecified atom stereocenters. The summed E-state index contributed by atoms with van der Waals surface area (Å²) in [5, 5.41) is 0. The van der Waals surface area contributed by atoms with Crippen molar-refractivity contribution in [3.05, 3.63) is 0 Å². The molecule has 0 amide bonds. The molecule has 0 aliphatic rings. The summed E-state index contributed by atoms with van der Waals surface area (Å²) >= 11 is 0. The summed E-state index contributed by atoms with van der Waals surface area (Å²) in [4.78, 5) is 37.3. The first-order valence-corrected chi connectivity index (χ1v) is 20.8. The Bertz CT molecular complexity index is 736. The Labute approximate surface area is 298 Å². The fourth-order valence-corrected chi connectivity index (χ4v) is 6.01. The van der Waals surface area contributed by atoms with Crippen LogP contribution in [0.1, 0.15) is 221 Å². The monoisotopic (exact) mass is 681 g/mol. The first-order valence-electron chi connectivity index (χ1n) is 20.8. The molecule has 0 aromatic rings. The zero-order valence-corrected chi connectivity index (χ0v) is 32.6. The van der Waals surface area contributed by atoms with Crippen LogP contribution in [-0.2, 0) is 28.6 Å². The predicted octanol–water partition coefficient (Wildman–Crippen LogP) is 12.6. The molecule has 6 heteroatoms. The molecule has 0 saturated heterocycles. The molecule has 6 nitrogen and oxygen atoms in total. The van der Waals surface area contributed by atoms with Crippen LogP contribution in [0.25, 0.3) is 0 Å². The van der Waals surface area contributed by atoms with E-state index in [2.05, 4.69) is 34.6 Å². The molecule has 48 heavy (non-hydrogen) atoms. The van der Waals surface area contributed by atoms with E-state index < -0.39 is 6.10 Å². The number of esters is 3. The highest BCUT2D eigenvalue weighted by Gasteiger charge is 2.19. The van der Waals surface area contributed by atoms with Crippen molar-refractivity contribution >= 4 is 17.9 Å². The molecule has 284 valence electrons. The van der Waals surface area contributed by atoms with Crippen LogP contribution in [0.2, 0.25) is 0 Å². The van der Waals surface area contributed by atoms with E-state index in [9.17, 15) is 14.4 Å². The number of unbranched alkanes of at least 4 members (excludes halogenated alkanes) is 20. The van der Waals surface area contributed by atoms with Gasteiger partial charge in [-0.1, -0.05) is 182 Å². The molecule has 0 aliphatic heterocycles. The molecule has 0 aromatic carbocycles. The highest BCUT2D eigenvalue weighted by Crippen LogP contribution is 2.16. The van der Waals surface area contributed by atoms with Crippen LogP contribution in [0.4, 0.5) is 0 Å². The van der Waals surface area contributed by atoms with Gasteiger partial charge in [0.15, 0.2) is 6.10 Å². The average molecular weight is 681 g/mol. The number of ether oxygens (including phenoxy) is 3. The molecule has 0 bridgehead atoms. The number of carbonyl (C=O) groups is 3. The molecule has 0 saturated carbocycles. The van der Waals surface area contributed by atoms with Gasteiger partial charge in [0.1, 0.15) is 13.2 Å². The zero-order valence-electron chi connectivity index (χ0n) is 32.6. The molecule has 2 atom stereocenters. The van der Waals surface area contributed by atoms with Gasteiger partial charge >= 0.3 is 17.9 Å². The number of hydrogen-bond acceptors (Lipinski definition) is 6. The van der Waals surface area contributed by atoms with Gasteiger partial charge in [-0.15, -0.1) is 0 Å². The molecule has 0 fully saturated rings.